The number of carbonyl (C=O) groups is 1. The van der Waals surface area contributed by atoms with Crippen molar-refractivity contribution in [2.45, 2.75) is 6.04 Å². The summed E-state index contributed by atoms with van der Waals surface area (Å²) in [6.07, 6.45) is 0. The Morgan fingerprint density at radius 1 is 1.13 bits per heavy atom. The van der Waals surface area contributed by atoms with Crippen molar-refractivity contribution in [3.8, 4) is 0 Å². The number of aliphatic carboxylic acids is 1. The second kappa shape index (κ2) is 3.71. The van der Waals surface area contributed by atoms with Crippen molar-refractivity contribution >= 4 is 16.7 Å². The van der Waals surface area contributed by atoms with Crippen LogP contribution < -0.4 is 5.73 Å². The van der Waals surface area contributed by atoms with Crippen LogP contribution in [0.3, 0.4) is 0 Å². The van der Waals surface area contributed by atoms with Gasteiger partial charge in [0.05, 0.1) is 0 Å². The average Bonchev–Trinajstić information content (AvgIpc) is 2.27. The maximum Gasteiger partial charge on any atom is 0.325 e. The van der Waals surface area contributed by atoms with Crippen LogP contribution in [-0.2, 0) is 4.79 Å². The first-order valence-corrected chi connectivity index (χ1v) is 4.66. The zero-order valence-electron chi connectivity index (χ0n) is 8.05. The molecule has 3 N–H and O–H groups in total. The van der Waals surface area contributed by atoms with E-state index in [-0.39, 0.29) is 0 Å². The Bertz CT molecular complexity index is 502. The Morgan fingerprint density at radius 2 is 1.80 bits per heavy atom. The summed E-state index contributed by atoms with van der Waals surface area (Å²) in [6.45, 7) is 0. The standard InChI is InChI=1S/C12H11NO2/c13-11(12(14)15)10-7-3-5-8-4-1-2-6-9(8)10/h1-7,11H,13H2,(H,14,15). The summed E-state index contributed by atoms with van der Waals surface area (Å²) in [5.74, 6) is -1.01. The SMILES string of the molecule is NC(C(=O)O)c1cccc2ccccc12. The smallest absolute Gasteiger partial charge is 0.325 e. The highest BCUT2D eigenvalue weighted by molar-refractivity contribution is 5.90. The van der Waals surface area contributed by atoms with Crippen molar-refractivity contribution in [1.82, 2.24) is 0 Å². The van der Waals surface area contributed by atoms with Gasteiger partial charge < -0.3 is 10.8 Å². The molecule has 1 unspecified atom stereocenters. The fourth-order valence-corrected chi connectivity index (χ4v) is 1.65. The molecule has 0 bridgehead atoms. The van der Waals surface area contributed by atoms with E-state index in [0.717, 1.165) is 10.8 Å². The molecule has 0 heterocycles. The van der Waals surface area contributed by atoms with Crippen LogP contribution in [0.5, 0.6) is 0 Å². The van der Waals surface area contributed by atoms with Crippen LogP contribution >= 0.6 is 0 Å². The summed E-state index contributed by atoms with van der Waals surface area (Å²) in [7, 11) is 0. The maximum atomic E-state index is 10.8. The van der Waals surface area contributed by atoms with Gasteiger partial charge in [-0.15, -0.1) is 0 Å². The largest absolute Gasteiger partial charge is 0.480 e. The third-order valence-electron chi connectivity index (χ3n) is 2.42. The van der Waals surface area contributed by atoms with E-state index in [1.165, 1.54) is 0 Å². The van der Waals surface area contributed by atoms with E-state index >= 15 is 0 Å². The molecule has 1 atom stereocenters. The molecule has 0 fully saturated rings. The van der Waals surface area contributed by atoms with E-state index in [9.17, 15) is 4.79 Å². The van der Waals surface area contributed by atoms with Crippen molar-refractivity contribution < 1.29 is 9.90 Å². The van der Waals surface area contributed by atoms with Crippen molar-refractivity contribution in [1.29, 1.82) is 0 Å². The predicted molar refractivity (Wildman–Crippen MR) is 58.5 cm³/mol. The van der Waals surface area contributed by atoms with Crippen molar-refractivity contribution in [2.24, 2.45) is 5.73 Å². The molecule has 0 aliphatic rings. The first-order chi connectivity index (χ1) is 7.20. The van der Waals surface area contributed by atoms with Crippen LogP contribution in [0.2, 0.25) is 0 Å². The molecule has 2 rings (SSSR count). The fraction of sp³-hybridized carbons (Fsp3) is 0.0833. The van der Waals surface area contributed by atoms with Gasteiger partial charge in [-0.1, -0.05) is 42.5 Å². The van der Waals surface area contributed by atoms with Gasteiger partial charge >= 0.3 is 5.97 Å². The Labute approximate surface area is 87.1 Å². The quantitative estimate of drug-likeness (QED) is 0.780. The minimum Gasteiger partial charge on any atom is -0.480 e. The molecular weight excluding hydrogens is 190 g/mol. The first kappa shape index (κ1) is 9.68. The molecule has 2 aromatic carbocycles. The lowest BCUT2D eigenvalue weighted by Gasteiger charge is -2.09. The molecule has 0 aliphatic heterocycles. The van der Waals surface area contributed by atoms with E-state index in [4.69, 9.17) is 10.8 Å². The Hall–Kier alpha value is -1.87. The lowest BCUT2D eigenvalue weighted by molar-refractivity contribution is -0.138. The van der Waals surface area contributed by atoms with Gasteiger partial charge in [-0.3, -0.25) is 4.79 Å². The first-order valence-electron chi connectivity index (χ1n) is 4.66. The lowest BCUT2D eigenvalue weighted by Crippen LogP contribution is -2.20. The van der Waals surface area contributed by atoms with Gasteiger partial charge in [-0.2, -0.15) is 0 Å². The van der Waals surface area contributed by atoms with Crippen LogP contribution in [0.15, 0.2) is 42.5 Å². The maximum absolute atomic E-state index is 10.8. The van der Waals surface area contributed by atoms with Crippen molar-refractivity contribution in [3.05, 3.63) is 48.0 Å². The normalized spacial score (nSPS) is 12.6. The van der Waals surface area contributed by atoms with Gasteiger partial charge in [0.25, 0.3) is 0 Å². The summed E-state index contributed by atoms with van der Waals surface area (Å²) < 4.78 is 0. The van der Waals surface area contributed by atoms with E-state index in [2.05, 4.69) is 0 Å². The molecular formula is C12H11NO2. The van der Waals surface area contributed by atoms with E-state index < -0.39 is 12.0 Å². The topological polar surface area (TPSA) is 63.3 Å². The van der Waals surface area contributed by atoms with Gasteiger partial charge in [-0.05, 0) is 16.3 Å². The molecule has 3 nitrogen and oxygen atoms in total. The number of carboxylic acid groups (broad SMARTS) is 1. The van der Waals surface area contributed by atoms with Crippen LogP contribution in [0.4, 0.5) is 0 Å². The predicted octanol–water partition coefficient (Wildman–Crippen LogP) is 1.92. The number of carboxylic acids is 1. The van der Waals surface area contributed by atoms with Gasteiger partial charge in [0, 0.05) is 0 Å². The van der Waals surface area contributed by atoms with Gasteiger partial charge in [0.15, 0.2) is 0 Å². The Morgan fingerprint density at radius 3 is 2.53 bits per heavy atom. The van der Waals surface area contributed by atoms with E-state index in [0.29, 0.717) is 5.56 Å². The van der Waals surface area contributed by atoms with Crippen LogP contribution in [0.25, 0.3) is 10.8 Å². The van der Waals surface area contributed by atoms with Crippen molar-refractivity contribution in [2.75, 3.05) is 0 Å². The monoisotopic (exact) mass is 201 g/mol. The zero-order chi connectivity index (χ0) is 10.8. The molecule has 0 aliphatic carbocycles. The highest BCUT2D eigenvalue weighted by atomic mass is 16.4. The minimum absolute atomic E-state index is 0.653. The summed E-state index contributed by atoms with van der Waals surface area (Å²) in [6, 6.07) is 12.2. The van der Waals surface area contributed by atoms with Gasteiger partial charge in [-0.25, -0.2) is 0 Å². The Balaban J connectivity index is 2.65. The average molecular weight is 201 g/mol. The van der Waals surface area contributed by atoms with E-state index in [1.807, 2.05) is 36.4 Å². The molecule has 0 aromatic heterocycles. The van der Waals surface area contributed by atoms with Crippen LogP contribution in [0, 0.1) is 0 Å². The van der Waals surface area contributed by atoms with Crippen LogP contribution in [-0.4, -0.2) is 11.1 Å². The second-order valence-corrected chi connectivity index (χ2v) is 3.38. The third-order valence-corrected chi connectivity index (χ3v) is 2.42. The molecule has 2 aromatic rings. The summed E-state index contributed by atoms with van der Waals surface area (Å²) in [5, 5.41) is 10.8. The van der Waals surface area contributed by atoms with Gasteiger partial charge in [0.2, 0.25) is 0 Å². The van der Waals surface area contributed by atoms with Crippen LogP contribution in [0.1, 0.15) is 11.6 Å². The highest BCUT2D eigenvalue weighted by Crippen LogP contribution is 2.22. The Kier molecular flexibility index (Phi) is 2.39. The molecule has 0 saturated carbocycles. The third kappa shape index (κ3) is 1.69. The molecule has 0 radical (unpaired) electrons. The number of hydrogen-bond donors (Lipinski definition) is 2. The fourth-order valence-electron chi connectivity index (χ4n) is 1.65. The number of rotatable bonds is 2. The molecule has 0 saturated heterocycles. The number of hydrogen-bond acceptors (Lipinski definition) is 2. The molecule has 0 spiro atoms. The lowest BCUT2D eigenvalue weighted by atomic mass is 9.99. The zero-order valence-corrected chi connectivity index (χ0v) is 8.05. The number of nitrogens with two attached hydrogens (primary N) is 1. The summed E-state index contributed by atoms with van der Waals surface area (Å²) >= 11 is 0. The number of benzene rings is 2. The van der Waals surface area contributed by atoms with E-state index in [1.54, 1.807) is 6.07 Å². The molecule has 0 amide bonds. The molecule has 3 heteroatoms. The molecule has 76 valence electrons. The summed E-state index contributed by atoms with van der Waals surface area (Å²) in [5.41, 5.74) is 6.26. The second-order valence-electron chi connectivity index (χ2n) is 3.38. The van der Waals surface area contributed by atoms with Gasteiger partial charge in [0.1, 0.15) is 6.04 Å². The minimum atomic E-state index is -1.01. The van der Waals surface area contributed by atoms with Crippen molar-refractivity contribution in [3.63, 3.8) is 0 Å². The number of fused-ring (bicyclic) bond motifs is 1. The summed E-state index contributed by atoms with van der Waals surface area (Å²) in [4.78, 5) is 10.8. The molecule has 15 heavy (non-hydrogen) atoms. The highest BCUT2D eigenvalue weighted by Gasteiger charge is 2.15.